The second kappa shape index (κ2) is 3.75. The molecule has 0 radical (unpaired) electrons. The van der Waals surface area contributed by atoms with Crippen LogP contribution in [-0.4, -0.2) is 24.5 Å². The highest BCUT2D eigenvalue weighted by Crippen LogP contribution is 2.15. The molecule has 0 saturated heterocycles. The van der Waals surface area contributed by atoms with E-state index in [2.05, 4.69) is 29.8 Å². The Morgan fingerprint density at radius 2 is 2.12 bits per heavy atom. The molecule has 2 aromatic rings. The fourth-order valence-corrected chi connectivity index (χ4v) is 2.43. The molecule has 0 atom stereocenters. The lowest BCUT2D eigenvalue weighted by Gasteiger charge is -2.10. The summed E-state index contributed by atoms with van der Waals surface area (Å²) in [6.07, 6.45) is 2.99. The van der Waals surface area contributed by atoms with Gasteiger partial charge in [-0.25, -0.2) is 0 Å². The predicted molar refractivity (Wildman–Crippen MR) is 66.4 cm³/mol. The lowest BCUT2D eigenvalue weighted by molar-refractivity contribution is 0.322. The number of fused-ring (bicyclic) bond motifs is 1. The molecule has 0 unspecified atom stereocenters. The summed E-state index contributed by atoms with van der Waals surface area (Å²) in [7, 11) is -1.44. The smallest absolute Gasteiger partial charge is 0.152 e. The van der Waals surface area contributed by atoms with Crippen molar-refractivity contribution in [1.82, 2.24) is 4.98 Å². The van der Waals surface area contributed by atoms with Crippen molar-refractivity contribution in [2.75, 3.05) is 0 Å². The van der Waals surface area contributed by atoms with Gasteiger partial charge in [0.15, 0.2) is 5.58 Å². The van der Waals surface area contributed by atoms with Gasteiger partial charge in [0, 0.05) is 17.8 Å². The van der Waals surface area contributed by atoms with Crippen molar-refractivity contribution < 1.29 is 9.62 Å². The van der Waals surface area contributed by atoms with Gasteiger partial charge in [0.2, 0.25) is 0 Å². The second-order valence-electron chi connectivity index (χ2n) is 4.76. The Labute approximate surface area is 94.6 Å². The first-order valence-electron chi connectivity index (χ1n) is 5.08. The fraction of sp³-hybridized carbons (Fsp3) is 0.273. The van der Waals surface area contributed by atoms with E-state index in [9.17, 15) is 0 Å². The summed E-state index contributed by atoms with van der Waals surface area (Å²) in [5.41, 5.74) is 2.33. The molecule has 0 amide bonds. The Morgan fingerprint density at radius 1 is 1.38 bits per heavy atom. The number of rotatable bonds is 2. The highest BCUT2D eigenvalue weighted by Gasteiger charge is 2.21. The molecule has 0 aromatic carbocycles. The maximum atomic E-state index is 8.44. The van der Waals surface area contributed by atoms with E-state index in [0.29, 0.717) is 0 Å². The van der Waals surface area contributed by atoms with Gasteiger partial charge in [-0.15, -0.1) is 0 Å². The summed E-state index contributed by atoms with van der Waals surface area (Å²) in [5.74, 6) is 0. The zero-order chi connectivity index (χ0) is 11.8. The van der Waals surface area contributed by atoms with Crippen LogP contribution < -0.4 is 5.38 Å². The molecule has 0 bridgehead atoms. The molecule has 0 fully saturated rings. The van der Waals surface area contributed by atoms with Gasteiger partial charge in [-0.3, -0.25) is 4.98 Å². The van der Waals surface area contributed by atoms with Gasteiger partial charge < -0.3 is 9.62 Å². The van der Waals surface area contributed by atoms with Crippen LogP contribution in [-0.2, 0) is 0 Å². The van der Waals surface area contributed by atoms with Gasteiger partial charge >= 0.3 is 0 Å². The Hall–Kier alpha value is -1.62. The second-order valence-corrected chi connectivity index (χ2v) is 9.75. The molecule has 4 nitrogen and oxygen atoms in total. The first-order chi connectivity index (χ1) is 7.50. The maximum absolute atomic E-state index is 8.44. The first kappa shape index (κ1) is 10.9. The minimum Gasteiger partial charge on any atom is -0.465 e. The van der Waals surface area contributed by atoms with Crippen molar-refractivity contribution in [3.8, 4) is 0 Å². The predicted octanol–water partition coefficient (Wildman–Crippen LogP) is 2.18. The van der Waals surface area contributed by atoms with E-state index < -0.39 is 8.07 Å². The molecule has 84 valence electrons. The molecular weight excluding hydrogens is 220 g/mol. The van der Waals surface area contributed by atoms with Gasteiger partial charge in [-0.05, 0) is 6.07 Å². The third-order valence-electron chi connectivity index (χ3n) is 2.34. The van der Waals surface area contributed by atoms with Crippen LogP contribution in [0.1, 0.15) is 5.56 Å². The quantitative estimate of drug-likeness (QED) is 0.375. The number of hydrogen-bond acceptors (Lipinski definition) is 4. The van der Waals surface area contributed by atoms with Crippen LogP contribution in [0.4, 0.5) is 0 Å². The third kappa shape index (κ3) is 1.99. The number of pyridine rings is 1. The zero-order valence-electron chi connectivity index (χ0n) is 9.56. The summed E-state index contributed by atoms with van der Waals surface area (Å²) in [6, 6.07) is 3.83. The summed E-state index contributed by atoms with van der Waals surface area (Å²) in [6.45, 7) is 6.67. The van der Waals surface area contributed by atoms with Gasteiger partial charge in [0.25, 0.3) is 0 Å². The van der Waals surface area contributed by atoms with Crippen molar-refractivity contribution in [3.63, 3.8) is 0 Å². The normalized spacial score (nSPS) is 12.7. The van der Waals surface area contributed by atoms with Crippen LogP contribution >= 0.6 is 0 Å². The maximum Gasteiger partial charge on any atom is 0.152 e. The Morgan fingerprint density at radius 3 is 2.75 bits per heavy atom. The number of aromatic nitrogens is 1. The Bertz CT molecular complexity index is 540. The molecule has 0 aliphatic carbocycles. The summed E-state index contributed by atoms with van der Waals surface area (Å²) >= 11 is 0. The third-order valence-corrected chi connectivity index (χ3v) is 4.06. The van der Waals surface area contributed by atoms with Crippen molar-refractivity contribution in [1.29, 1.82) is 0 Å². The molecule has 0 saturated carbocycles. The minimum atomic E-state index is -1.44. The van der Waals surface area contributed by atoms with Crippen LogP contribution in [0.2, 0.25) is 19.6 Å². The van der Waals surface area contributed by atoms with Crippen LogP contribution in [0.5, 0.6) is 0 Å². The molecule has 5 heteroatoms. The lowest BCUT2D eigenvalue weighted by Crippen LogP contribution is -2.36. The van der Waals surface area contributed by atoms with E-state index in [4.69, 9.17) is 9.62 Å². The molecular formula is C11H14N2O2Si. The Kier molecular flexibility index (Phi) is 2.55. The average Bonchev–Trinajstić information content (AvgIpc) is 2.60. The zero-order valence-corrected chi connectivity index (χ0v) is 10.6. The molecule has 2 rings (SSSR count). The molecule has 0 spiro atoms. The standard InChI is InChI=1S/C11H14N2O2Si/c1-16(2,3)11-5-9-10(15-11)4-8(6-12-9)7-13-14/h4-7,14H,1-3H3. The Balaban J connectivity index is 2.54. The van der Waals surface area contributed by atoms with Gasteiger partial charge in [0.05, 0.1) is 11.6 Å². The van der Waals surface area contributed by atoms with Crippen molar-refractivity contribution in [2.45, 2.75) is 19.6 Å². The van der Waals surface area contributed by atoms with E-state index in [0.717, 1.165) is 22.0 Å². The van der Waals surface area contributed by atoms with E-state index in [-0.39, 0.29) is 0 Å². The molecule has 1 N–H and O–H groups in total. The van der Waals surface area contributed by atoms with Gasteiger partial charge in [0.1, 0.15) is 13.6 Å². The topological polar surface area (TPSA) is 58.6 Å². The summed E-state index contributed by atoms with van der Waals surface area (Å²) in [4.78, 5) is 4.26. The lowest BCUT2D eigenvalue weighted by atomic mass is 10.3. The van der Waals surface area contributed by atoms with E-state index in [1.54, 1.807) is 6.20 Å². The van der Waals surface area contributed by atoms with Crippen LogP contribution in [0.25, 0.3) is 11.1 Å². The van der Waals surface area contributed by atoms with Gasteiger partial charge in [-0.2, -0.15) is 0 Å². The largest absolute Gasteiger partial charge is 0.465 e. The van der Waals surface area contributed by atoms with Crippen LogP contribution in [0.3, 0.4) is 0 Å². The first-order valence-corrected chi connectivity index (χ1v) is 8.58. The van der Waals surface area contributed by atoms with Crippen molar-refractivity contribution in [3.05, 3.63) is 23.9 Å². The van der Waals surface area contributed by atoms with E-state index in [1.165, 1.54) is 6.21 Å². The molecule has 2 heterocycles. The SMILES string of the molecule is C[Si](C)(C)c1cc2ncc(C=NO)cc2o1. The number of hydrogen-bond donors (Lipinski definition) is 1. The van der Waals surface area contributed by atoms with Crippen molar-refractivity contribution in [2.24, 2.45) is 5.16 Å². The monoisotopic (exact) mass is 234 g/mol. The fourth-order valence-electron chi connectivity index (χ4n) is 1.44. The number of furan rings is 1. The molecule has 0 aliphatic rings. The van der Waals surface area contributed by atoms with E-state index in [1.807, 2.05) is 12.1 Å². The van der Waals surface area contributed by atoms with Crippen molar-refractivity contribution >= 4 is 30.8 Å². The molecule has 0 aliphatic heterocycles. The van der Waals surface area contributed by atoms with Crippen LogP contribution in [0, 0.1) is 0 Å². The highest BCUT2D eigenvalue weighted by atomic mass is 28.3. The summed E-state index contributed by atoms with van der Waals surface area (Å²) < 4.78 is 5.78. The minimum absolute atomic E-state index is 0.728. The number of oxime groups is 1. The van der Waals surface area contributed by atoms with Gasteiger partial charge in [-0.1, -0.05) is 24.8 Å². The molecule has 2 aromatic heterocycles. The number of nitrogens with zero attached hydrogens (tertiary/aromatic N) is 2. The highest BCUT2D eigenvalue weighted by molar-refractivity contribution is 6.87. The molecule has 16 heavy (non-hydrogen) atoms. The summed E-state index contributed by atoms with van der Waals surface area (Å²) in [5, 5.41) is 12.4. The van der Waals surface area contributed by atoms with Crippen LogP contribution in [0.15, 0.2) is 27.9 Å². The van der Waals surface area contributed by atoms with E-state index >= 15 is 0 Å². The average molecular weight is 234 g/mol.